The maximum atomic E-state index is 11.4. The van der Waals surface area contributed by atoms with E-state index in [0.29, 0.717) is 0 Å². The van der Waals surface area contributed by atoms with E-state index in [1.165, 1.54) is 16.7 Å². The molecule has 1 nitrogen and oxygen atoms in total. The second kappa shape index (κ2) is 3.81. The number of hydrogen-bond donors (Lipinski definition) is 0. The van der Waals surface area contributed by atoms with Crippen molar-refractivity contribution in [2.75, 3.05) is 0 Å². The van der Waals surface area contributed by atoms with Crippen LogP contribution in [0.25, 0.3) is 11.1 Å². The van der Waals surface area contributed by atoms with Crippen LogP contribution in [0.2, 0.25) is 0 Å². The topological polar surface area (TPSA) is 17.1 Å². The molecule has 84 valence electrons. The molecule has 0 aliphatic heterocycles. The largest absolute Gasteiger partial charge is 0.302 e. The molecule has 0 saturated carbocycles. The van der Waals surface area contributed by atoms with E-state index in [9.17, 15) is 4.79 Å². The molecule has 1 aliphatic rings. The van der Waals surface area contributed by atoms with Crippen LogP contribution in [0, 0.1) is 6.92 Å². The molecule has 0 bridgehead atoms. The first kappa shape index (κ1) is 10.7. The number of benzene rings is 2. The smallest absolute Gasteiger partial charge is 0.131 e. The van der Waals surface area contributed by atoms with Crippen LogP contribution >= 0.6 is 15.9 Å². The summed E-state index contributed by atoms with van der Waals surface area (Å²) in [5.41, 5.74) is 5.75. The van der Waals surface area contributed by atoms with E-state index in [4.69, 9.17) is 0 Å². The van der Waals surface area contributed by atoms with Gasteiger partial charge in [0.25, 0.3) is 0 Å². The molecule has 1 atom stereocenters. The molecule has 2 aromatic rings. The van der Waals surface area contributed by atoms with Crippen LogP contribution in [0.3, 0.4) is 0 Å². The Morgan fingerprint density at radius 1 is 1.12 bits per heavy atom. The molecule has 0 N–H and O–H groups in total. The number of hydrogen-bond acceptors (Lipinski definition) is 1. The molecule has 0 fully saturated rings. The van der Waals surface area contributed by atoms with E-state index in [-0.39, 0.29) is 5.92 Å². The van der Waals surface area contributed by atoms with Crippen LogP contribution in [0.4, 0.5) is 0 Å². The third-order valence-corrected chi connectivity index (χ3v) is 4.46. The number of fused-ring (bicyclic) bond motifs is 3. The number of aldehydes is 1. The first-order valence-corrected chi connectivity index (χ1v) is 6.37. The van der Waals surface area contributed by atoms with Crippen molar-refractivity contribution in [3.63, 3.8) is 0 Å². The van der Waals surface area contributed by atoms with Crippen molar-refractivity contribution in [2.24, 2.45) is 0 Å². The standard InChI is InChI=1S/C15H11BrO/c1-9-6-7-12-10-4-2-3-5-11(10)13(8-17)14(12)15(9)16/h2-8,13H,1H3. The summed E-state index contributed by atoms with van der Waals surface area (Å²) < 4.78 is 1.06. The highest BCUT2D eigenvalue weighted by Crippen LogP contribution is 2.47. The van der Waals surface area contributed by atoms with Crippen LogP contribution in [0.1, 0.15) is 22.6 Å². The van der Waals surface area contributed by atoms with E-state index in [0.717, 1.165) is 21.9 Å². The highest BCUT2D eigenvalue weighted by Gasteiger charge is 2.30. The summed E-state index contributed by atoms with van der Waals surface area (Å²) in [6.07, 6.45) is 1.04. The Labute approximate surface area is 109 Å². The van der Waals surface area contributed by atoms with Crippen LogP contribution in [0.5, 0.6) is 0 Å². The molecule has 2 heteroatoms. The van der Waals surface area contributed by atoms with Gasteiger partial charge in [-0.25, -0.2) is 0 Å². The lowest BCUT2D eigenvalue weighted by atomic mass is 9.97. The first-order chi connectivity index (χ1) is 8.24. The van der Waals surface area contributed by atoms with Gasteiger partial charge < -0.3 is 4.79 Å². The van der Waals surface area contributed by atoms with Crippen molar-refractivity contribution < 1.29 is 4.79 Å². The van der Waals surface area contributed by atoms with Crippen molar-refractivity contribution in [1.29, 1.82) is 0 Å². The molecule has 0 saturated heterocycles. The molecule has 1 unspecified atom stereocenters. The molecule has 0 radical (unpaired) electrons. The Morgan fingerprint density at radius 3 is 2.65 bits per heavy atom. The molecular weight excluding hydrogens is 276 g/mol. The molecule has 0 spiro atoms. The second-order valence-electron chi connectivity index (χ2n) is 4.36. The minimum atomic E-state index is -0.129. The number of carbonyl (C=O) groups is 1. The molecule has 1 aliphatic carbocycles. The molecule has 0 amide bonds. The van der Waals surface area contributed by atoms with E-state index in [2.05, 4.69) is 41.1 Å². The van der Waals surface area contributed by atoms with Gasteiger partial charge in [0.1, 0.15) is 6.29 Å². The Balaban J connectivity index is 2.39. The van der Waals surface area contributed by atoms with Gasteiger partial charge in [-0.3, -0.25) is 0 Å². The molecule has 2 aromatic carbocycles. The third-order valence-electron chi connectivity index (χ3n) is 3.41. The van der Waals surface area contributed by atoms with Crippen molar-refractivity contribution >= 4 is 22.2 Å². The summed E-state index contributed by atoms with van der Waals surface area (Å²) in [5.74, 6) is -0.129. The quantitative estimate of drug-likeness (QED) is 0.723. The van der Waals surface area contributed by atoms with Gasteiger partial charge in [0.2, 0.25) is 0 Å². The van der Waals surface area contributed by atoms with Crippen molar-refractivity contribution in [3.05, 3.63) is 57.6 Å². The average Bonchev–Trinajstić information content (AvgIpc) is 2.68. The van der Waals surface area contributed by atoms with Gasteiger partial charge >= 0.3 is 0 Å². The van der Waals surface area contributed by atoms with E-state index in [1.54, 1.807) is 0 Å². The highest BCUT2D eigenvalue weighted by atomic mass is 79.9. The molecule has 0 heterocycles. The molecule has 17 heavy (non-hydrogen) atoms. The Kier molecular flexibility index (Phi) is 2.40. The van der Waals surface area contributed by atoms with Crippen LogP contribution in [-0.4, -0.2) is 6.29 Å². The maximum absolute atomic E-state index is 11.4. The van der Waals surface area contributed by atoms with Gasteiger partial charge in [-0.15, -0.1) is 0 Å². The lowest BCUT2D eigenvalue weighted by molar-refractivity contribution is -0.108. The Bertz CT molecular complexity index is 616. The fourth-order valence-corrected chi connectivity index (χ4v) is 3.14. The van der Waals surface area contributed by atoms with E-state index in [1.807, 2.05) is 18.2 Å². The normalized spacial score (nSPS) is 16.5. The van der Waals surface area contributed by atoms with Crippen LogP contribution in [0.15, 0.2) is 40.9 Å². The lowest BCUT2D eigenvalue weighted by Crippen LogP contribution is -1.99. The minimum absolute atomic E-state index is 0.129. The zero-order chi connectivity index (χ0) is 12.0. The lowest BCUT2D eigenvalue weighted by Gasteiger charge is -2.09. The zero-order valence-corrected chi connectivity index (χ0v) is 11.0. The van der Waals surface area contributed by atoms with E-state index < -0.39 is 0 Å². The van der Waals surface area contributed by atoms with Gasteiger partial charge in [-0.1, -0.05) is 52.3 Å². The summed E-state index contributed by atoms with van der Waals surface area (Å²) in [4.78, 5) is 11.4. The average molecular weight is 287 g/mol. The monoisotopic (exact) mass is 286 g/mol. The van der Waals surface area contributed by atoms with Crippen molar-refractivity contribution in [1.82, 2.24) is 0 Å². The Morgan fingerprint density at radius 2 is 1.88 bits per heavy atom. The summed E-state index contributed by atoms with van der Waals surface area (Å²) in [6.45, 7) is 2.05. The highest BCUT2D eigenvalue weighted by molar-refractivity contribution is 9.10. The Hall–Kier alpha value is -1.41. The van der Waals surface area contributed by atoms with Gasteiger partial charge in [0, 0.05) is 4.47 Å². The summed E-state index contributed by atoms with van der Waals surface area (Å²) in [5, 5.41) is 0. The van der Waals surface area contributed by atoms with Crippen molar-refractivity contribution in [3.8, 4) is 11.1 Å². The number of carbonyl (C=O) groups excluding carboxylic acids is 1. The summed E-state index contributed by atoms with van der Waals surface area (Å²) in [7, 11) is 0. The van der Waals surface area contributed by atoms with Crippen LogP contribution in [-0.2, 0) is 4.79 Å². The van der Waals surface area contributed by atoms with Gasteiger partial charge in [-0.05, 0) is 34.7 Å². The van der Waals surface area contributed by atoms with Gasteiger partial charge in [0.15, 0.2) is 0 Å². The van der Waals surface area contributed by atoms with Crippen LogP contribution < -0.4 is 0 Å². The van der Waals surface area contributed by atoms with Crippen molar-refractivity contribution in [2.45, 2.75) is 12.8 Å². The second-order valence-corrected chi connectivity index (χ2v) is 5.15. The number of halogens is 1. The summed E-state index contributed by atoms with van der Waals surface area (Å²) >= 11 is 3.61. The van der Waals surface area contributed by atoms with Gasteiger partial charge in [0.05, 0.1) is 5.92 Å². The SMILES string of the molecule is Cc1ccc2c(c1Br)C(C=O)c1ccccc1-2. The predicted molar refractivity (Wildman–Crippen MR) is 72.2 cm³/mol. The molecular formula is C15H11BrO. The molecule has 0 aromatic heterocycles. The third kappa shape index (κ3) is 1.40. The number of rotatable bonds is 1. The predicted octanol–water partition coefficient (Wildman–Crippen LogP) is 4.07. The molecule has 3 rings (SSSR count). The fourth-order valence-electron chi connectivity index (χ4n) is 2.55. The number of aryl methyl sites for hydroxylation is 1. The summed E-state index contributed by atoms with van der Waals surface area (Å²) in [6, 6.07) is 12.3. The first-order valence-electron chi connectivity index (χ1n) is 5.57. The van der Waals surface area contributed by atoms with E-state index >= 15 is 0 Å². The minimum Gasteiger partial charge on any atom is -0.302 e. The van der Waals surface area contributed by atoms with Gasteiger partial charge in [-0.2, -0.15) is 0 Å². The fraction of sp³-hybridized carbons (Fsp3) is 0.133. The maximum Gasteiger partial charge on any atom is 0.131 e. The zero-order valence-electron chi connectivity index (χ0n) is 9.41.